The predicted octanol–water partition coefficient (Wildman–Crippen LogP) is 3.06. The molecule has 1 N–H and O–H groups in total. The van der Waals surface area contributed by atoms with E-state index in [1.54, 1.807) is 0 Å². The summed E-state index contributed by atoms with van der Waals surface area (Å²) in [6, 6.07) is 8.29. The van der Waals surface area contributed by atoms with Crippen LogP contribution in [-0.4, -0.2) is 23.9 Å². The van der Waals surface area contributed by atoms with Gasteiger partial charge in [-0.3, -0.25) is 4.68 Å². The highest BCUT2D eigenvalue weighted by atomic mass is 35.5. The summed E-state index contributed by atoms with van der Waals surface area (Å²) in [6.07, 6.45) is 0. The Morgan fingerprint density at radius 2 is 1.89 bits per heavy atom. The van der Waals surface area contributed by atoms with Gasteiger partial charge in [-0.15, -0.1) is 0 Å². The highest BCUT2D eigenvalue weighted by molar-refractivity contribution is 6.31. The smallest absolute Gasteiger partial charge is 0.0865 e. The molecule has 0 aliphatic rings. The van der Waals surface area contributed by atoms with Gasteiger partial charge in [0.2, 0.25) is 0 Å². The van der Waals surface area contributed by atoms with Crippen LogP contribution >= 0.6 is 11.6 Å². The van der Waals surface area contributed by atoms with Crippen molar-refractivity contribution in [3.05, 3.63) is 40.7 Å². The number of rotatable bonds is 4. The largest absolute Gasteiger partial charge is 0.379 e. The molecular weight excluding hydrogens is 260 g/mol. The van der Waals surface area contributed by atoms with Gasteiger partial charge < -0.3 is 10.2 Å². The highest BCUT2D eigenvalue weighted by Gasteiger charge is 2.10. The maximum Gasteiger partial charge on any atom is 0.0865 e. The average molecular weight is 279 g/mol. The van der Waals surface area contributed by atoms with Crippen LogP contribution in [0.3, 0.4) is 0 Å². The molecule has 0 unspecified atom stereocenters. The number of hydrogen-bond acceptors (Lipinski definition) is 3. The third-order valence-corrected chi connectivity index (χ3v) is 3.60. The van der Waals surface area contributed by atoms with Gasteiger partial charge in [0, 0.05) is 32.5 Å². The molecule has 5 heteroatoms. The molecule has 2 rings (SSSR count). The monoisotopic (exact) mass is 278 g/mol. The van der Waals surface area contributed by atoms with Gasteiger partial charge in [0.15, 0.2) is 0 Å². The second kappa shape index (κ2) is 5.53. The molecule has 0 saturated carbocycles. The summed E-state index contributed by atoms with van der Waals surface area (Å²) in [4.78, 5) is 2.07. The molecule has 4 nitrogen and oxygen atoms in total. The van der Waals surface area contributed by atoms with Crippen molar-refractivity contribution >= 4 is 23.0 Å². The molecule has 0 atom stereocenters. The number of aryl methyl sites for hydroxylation is 2. The predicted molar refractivity (Wildman–Crippen MR) is 81.1 cm³/mol. The van der Waals surface area contributed by atoms with Crippen LogP contribution in [0.4, 0.5) is 11.4 Å². The zero-order valence-electron chi connectivity index (χ0n) is 11.7. The Labute approximate surface area is 119 Å². The molecule has 0 aliphatic carbocycles. The minimum Gasteiger partial charge on any atom is -0.379 e. The Bertz CT molecular complexity index is 558. The molecule has 2 aromatic rings. The van der Waals surface area contributed by atoms with E-state index in [0.29, 0.717) is 6.54 Å². The Balaban J connectivity index is 2.06. The first-order valence-electron chi connectivity index (χ1n) is 6.18. The van der Waals surface area contributed by atoms with Gasteiger partial charge in [-0.2, -0.15) is 5.10 Å². The Hall–Kier alpha value is -1.68. The molecular formula is C14H19ClN4. The number of aromatic nitrogens is 2. The zero-order chi connectivity index (χ0) is 14.0. The van der Waals surface area contributed by atoms with E-state index in [9.17, 15) is 0 Å². The van der Waals surface area contributed by atoms with Crippen molar-refractivity contribution in [1.82, 2.24) is 9.78 Å². The second-order valence-corrected chi connectivity index (χ2v) is 5.14. The van der Waals surface area contributed by atoms with E-state index < -0.39 is 0 Å². The first-order chi connectivity index (χ1) is 8.99. The number of nitrogens with one attached hydrogen (secondary N) is 1. The summed E-state index contributed by atoms with van der Waals surface area (Å²) in [5.74, 6) is 0. The maximum atomic E-state index is 6.22. The van der Waals surface area contributed by atoms with E-state index in [2.05, 4.69) is 39.6 Å². The summed E-state index contributed by atoms with van der Waals surface area (Å²) < 4.78 is 1.82. The standard InChI is InChI=1S/C14H19ClN4/c1-10-14(15)13(19(4)17-10)9-16-11-5-7-12(8-6-11)18(2)3/h5-8,16H,9H2,1-4H3. The number of benzene rings is 1. The lowest BCUT2D eigenvalue weighted by atomic mass is 10.2. The number of halogens is 1. The van der Waals surface area contributed by atoms with E-state index in [1.807, 2.05) is 32.7 Å². The van der Waals surface area contributed by atoms with Crippen molar-refractivity contribution in [2.75, 3.05) is 24.3 Å². The lowest BCUT2D eigenvalue weighted by Gasteiger charge is -2.13. The molecule has 0 aliphatic heterocycles. The van der Waals surface area contributed by atoms with Gasteiger partial charge in [0.25, 0.3) is 0 Å². The van der Waals surface area contributed by atoms with Crippen LogP contribution < -0.4 is 10.2 Å². The van der Waals surface area contributed by atoms with Crippen LogP contribution in [0.15, 0.2) is 24.3 Å². The summed E-state index contributed by atoms with van der Waals surface area (Å²) in [6.45, 7) is 2.58. The first kappa shape index (κ1) is 13.7. The van der Waals surface area contributed by atoms with Crippen molar-refractivity contribution < 1.29 is 0 Å². The molecule has 19 heavy (non-hydrogen) atoms. The van der Waals surface area contributed by atoms with Gasteiger partial charge in [-0.05, 0) is 31.2 Å². The van der Waals surface area contributed by atoms with Crippen LogP contribution in [0, 0.1) is 6.92 Å². The van der Waals surface area contributed by atoms with Crippen molar-refractivity contribution in [2.45, 2.75) is 13.5 Å². The summed E-state index contributed by atoms with van der Waals surface area (Å²) in [7, 11) is 5.96. The van der Waals surface area contributed by atoms with Crippen molar-refractivity contribution in [3.63, 3.8) is 0 Å². The lowest BCUT2D eigenvalue weighted by Crippen LogP contribution is -2.09. The van der Waals surface area contributed by atoms with Crippen LogP contribution in [0.25, 0.3) is 0 Å². The summed E-state index contributed by atoms with van der Waals surface area (Å²) in [5, 5.41) is 8.39. The third-order valence-electron chi connectivity index (χ3n) is 3.11. The van der Waals surface area contributed by atoms with Gasteiger partial charge in [-0.25, -0.2) is 0 Å². The Kier molecular flexibility index (Phi) is 4.00. The average Bonchev–Trinajstić information content (AvgIpc) is 2.62. The maximum absolute atomic E-state index is 6.22. The normalized spacial score (nSPS) is 10.6. The number of anilines is 2. The molecule has 0 fully saturated rings. The Morgan fingerprint density at radius 3 is 2.37 bits per heavy atom. The van der Waals surface area contributed by atoms with Crippen molar-refractivity contribution in [1.29, 1.82) is 0 Å². The molecule has 1 aromatic carbocycles. The van der Waals surface area contributed by atoms with Crippen LogP contribution in [0.1, 0.15) is 11.4 Å². The number of hydrogen-bond donors (Lipinski definition) is 1. The van der Waals surface area contributed by atoms with Crippen LogP contribution in [0.2, 0.25) is 5.02 Å². The van der Waals surface area contributed by atoms with Gasteiger partial charge in [0.1, 0.15) is 0 Å². The van der Waals surface area contributed by atoms with Crippen molar-refractivity contribution in [3.8, 4) is 0 Å². The summed E-state index contributed by atoms with van der Waals surface area (Å²) in [5.41, 5.74) is 4.11. The van der Waals surface area contributed by atoms with Gasteiger partial charge in [0.05, 0.1) is 23.0 Å². The topological polar surface area (TPSA) is 33.1 Å². The number of nitrogens with zero attached hydrogens (tertiary/aromatic N) is 3. The molecule has 102 valence electrons. The minimum atomic E-state index is 0.664. The molecule has 1 heterocycles. The quantitative estimate of drug-likeness (QED) is 0.933. The van der Waals surface area contributed by atoms with Gasteiger partial charge in [-0.1, -0.05) is 11.6 Å². The SMILES string of the molecule is Cc1nn(C)c(CNc2ccc(N(C)C)cc2)c1Cl. The highest BCUT2D eigenvalue weighted by Crippen LogP contribution is 2.21. The molecule has 0 amide bonds. The Morgan fingerprint density at radius 1 is 1.26 bits per heavy atom. The molecule has 1 aromatic heterocycles. The fraction of sp³-hybridized carbons (Fsp3) is 0.357. The van der Waals surface area contributed by atoms with Crippen LogP contribution in [-0.2, 0) is 13.6 Å². The van der Waals surface area contributed by atoms with E-state index in [1.165, 1.54) is 5.69 Å². The van der Waals surface area contributed by atoms with E-state index >= 15 is 0 Å². The van der Waals surface area contributed by atoms with E-state index in [-0.39, 0.29) is 0 Å². The second-order valence-electron chi connectivity index (χ2n) is 4.76. The molecule has 0 saturated heterocycles. The fourth-order valence-electron chi connectivity index (χ4n) is 1.94. The van der Waals surface area contributed by atoms with E-state index in [4.69, 9.17) is 11.6 Å². The van der Waals surface area contributed by atoms with Crippen LogP contribution in [0.5, 0.6) is 0 Å². The minimum absolute atomic E-state index is 0.664. The lowest BCUT2D eigenvalue weighted by molar-refractivity contribution is 0.713. The molecule has 0 spiro atoms. The zero-order valence-corrected chi connectivity index (χ0v) is 12.5. The fourth-order valence-corrected chi connectivity index (χ4v) is 2.16. The summed E-state index contributed by atoms with van der Waals surface area (Å²) >= 11 is 6.22. The molecule has 0 radical (unpaired) electrons. The first-order valence-corrected chi connectivity index (χ1v) is 6.56. The van der Waals surface area contributed by atoms with Crippen molar-refractivity contribution in [2.24, 2.45) is 7.05 Å². The molecule has 0 bridgehead atoms. The van der Waals surface area contributed by atoms with Gasteiger partial charge >= 0.3 is 0 Å². The third kappa shape index (κ3) is 3.01. The van der Waals surface area contributed by atoms with E-state index in [0.717, 1.165) is 22.1 Å².